The van der Waals surface area contributed by atoms with E-state index < -0.39 is 16.2 Å². The van der Waals surface area contributed by atoms with Gasteiger partial charge in [-0.15, -0.1) is 0 Å². The second-order valence-electron chi connectivity index (χ2n) is 6.46. The lowest BCUT2D eigenvalue weighted by molar-refractivity contribution is -0.168. The second-order valence-corrected chi connectivity index (χ2v) is 8.11. The average Bonchev–Trinajstić information content (AvgIpc) is 2.38. The fourth-order valence-corrected chi connectivity index (χ4v) is 3.96. The highest BCUT2D eigenvalue weighted by Crippen LogP contribution is 2.67. The van der Waals surface area contributed by atoms with Crippen LogP contribution in [0.2, 0.25) is 0 Å². The first-order valence-corrected chi connectivity index (χ1v) is 8.95. The number of nitrogens with one attached hydrogen (secondary N) is 1. The first-order chi connectivity index (χ1) is 10.3. The molecule has 0 heterocycles. The average molecular weight is 325 g/mol. The topological polar surface area (TPSA) is 81.7 Å². The van der Waals surface area contributed by atoms with Crippen molar-refractivity contribution in [2.24, 2.45) is 5.41 Å². The highest BCUT2D eigenvalue weighted by molar-refractivity contribution is 7.85. The van der Waals surface area contributed by atoms with Crippen LogP contribution in [0.4, 0.5) is 4.79 Å². The van der Waals surface area contributed by atoms with Crippen LogP contribution in [0.25, 0.3) is 0 Å². The van der Waals surface area contributed by atoms with Crippen molar-refractivity contribution in [3.63, 3.8) is 0 Å². The molecule has 0 aliphatic heterocycles. The normalized spacial score (nSPS) is 29.1. The SMILES string of the molecule is CS(=O)(=O)OCC12CC(NC(=O)OCc3ccccc3)(C1)C2. The molecular formula is C15H19NO5S. The van der Waals surface area contributed by atoms with Gasteiger partial charge in [-0.2, -0.15) is 8.42 Å². The Morgan fingerprint density at radius 1 is 1.23 bits per heavy atom. The summed E-state index contributed by atoms with van der Waals surface area (Å²) in [6, 6.07) is 9.48. The van der Waals surface area contributed by atoms with E-state index in [0.717, 1.165) is 31.1 Å². The third kappa shape index (κ3) is 3.25. The molecule has 0 saturated heterocycles. The maximum Gasteiger partial charge on any atom is 0.407 e. The van der Waals surface area contributed by atoms with Crippen molar-refractivity contribution < 1.29 is 22.1 Å². The van der Waals surface area contributed by atoms with Crippen molar-refractivity contribution in [1.29, 1.82) is 0 Å². The lowest BCUT2D eigenvalue weighted by atomic mass is 9.40. The van der Waals surface area contributed by atoms with Crippen molar-refractivity contribution in [2.75, 3.05) is 12.9 Å². The summed E-state index contributed by atoms with van der Waals surface area (Å²) in [5.41, 5.74) is 0.623. The van der Waals surface area contributed by atoms with Gasteiger partial charge in [0.2, 0.25) is 0 Å². The van der Waals surface area contributed by atoms with Crippen LogP contribution in [0, 0.1) is 5.41 Å². The van der Waals surface area contributed by atoms with Crippen LogP contribution >= 0.6 is 0 Å². The molecule has 1 aromatic rings. The Morgan fingerprint density at radius 2 is 1.86 bits per heavy atom. The van der Waals surface area contributed by atoms with Gasteiger partial charge >= 0.3 is 6.09 Å². The smallest absolute Gasteiger partial charge is 0.407 e. The molecule has 4 rings (SSSR count). The van der Waals surface area contributed by atoms with Gasteiger partial charge in [-0.1, -0.05) is 30.3 Å². The molecule has 1 amide bonds. The Morgan fingerprint density at radius 3 is 2.45 bits per heavy atom. The summed E-state index contributed by atoms with van der Waals surface area (Å²) in [5, 5.41) is 2.88. The van der Waals surface area contributed by atoms with E-state index in [0.29, 0.717) is 0 Å². The minimum absolute atomic E-state index is 0.0875. The number of amides is 1. The quantitative estimate of drug-likeness (QED) is 0.807. The lowest BCUT2D eigenvalue weighted by Gasteiger charge is -2.69. The number of benzene rings is 1. The van der Waals surface area contributed by atoms with Gasteiger partial charge in [0, 0.05) is 11.0 Å². The zero-order valence-electron chi connectivity index (χ0n) is 12.4. The Kier molecular flexibility index (Phi) is 3.65. The van der Waals surface area contributed by atoms with Gasteiger partial charge in [-0.05, 0) is 24.8 Å². The van der Waals surface area contributed by atoms with Crippen molar-refractivity contribution in [3.8, 4) is 0 Å². The van der Waals surface area contributed by atoms with E-state index in [-0.39, 0.29) is 24.2 Å². The van der Waals surface area contributed by atoms with E-state index in [1.807, 2.05) is 30.3 Å². The van der Waals surface area contributed by atoms with Gasteiger partial charge in [-0.25, -0.2) is 4.79 Å². The lowest BCUT2D eigenvalue weighted by Crippen LogP contribution is -2.76. The molecule has 2 bridgehead atoms. The number of carbonyl (C=O) groups excluding carboxylic acids is 1. The van der Waals surface area contributed by atoms with Gasteiger partial charge in [0.05, 0.1) is 12.9 Å². The molecule has 0 aromatic heterocycles. The number of ether oxygens (including phenoxy) is 1. The largest absolute Gasteiger partial charge is 0.445 e. The van der Waals surface area contributed by atoms with Crippen molar-refractivity contribution in [2.45, 2.75) is 31.4 Å². The predicted molar refractivity (Wildman–Crippen MR) is 79.6 cm³/mol. The van der Waals surface area contributed by atoms with Crippen molar-refractivity contribution >= 4 is 16.2 Å². The Labute approximate surface area is 129 Å². The maximum atomic E-state index is 11.8. The Balaban J connectivity index is 1.40. The summed E-state index contributed by atoms with van der Waals surface area (Å²) >= 11 is 0. The highest BCUT2D eigenvalue weighted by atomic mass is 32.2. The van der Waals surface area contributed by atoms with Crippen molar-refractivity contribution in [1.82, 2.24) is 5.32 Å². The van der Waals surface area contributed by atoms with E-state index in [2.05, 4.69) is 5.32 Å². The van der Waals surface area contributed by atoms with E-state index in [1.165, 1.54) is 0 Å². The van der Waals surface area contributed by atoms with Gasteiger partial charge < -0.3 is 10.1 Å². The zero-order chi connectivity index (χ0) is 15.8. The monoisotopic (exact) mass is 325 g/mol. The minimum atomic E-state index is -3.40. The first kappa shape index (κ1) is 15.3. The summed E-state index contributed by atoms with van der Waals surface area (Å²) < 4.78 is 32.1. The molecule has 3 saturated carbocycles. The number of hydrogen-bond acceptors (Lipinski definition) is 5. The fourth-order valence-electron chi connectivity index (χ4n) is 3.49. The summed E-state index contributed by atoms with van der Waals surface area (Å²) in [4.78, 5) is 11.8. The standard InChI is InChI=1S/C15H19NO5S/c1-22(18,19)21-11-14-8-15(9-14,10-14)16-13(17)20-7-12-5-3-2-4-6-12/h2-6H,7-11H2,1H3,(H,16,17). The summed E-state index contributed by atoms with van der Waals surface area (Å²) in [6.45, 7) is 0.444. The predicted octanol–water partition coefficient (Wildman–Crippen LogP) is 1.81. The van der Waals surface area contributed by atoms with Crippen LogP contribution in [0.1, 0.15) is 24.8 Å². The highest BCUT2D eigenvalue weighted by Gasteiger charge is 2.69. The van der Waals surface area contributed by atoms with Crippen LogP contribution in [0.15, 0.2) is 30.3 Å². The van der Waals surface area contributed by atoms with Gasteiger partial charge in [0.1, 0.15) is 6.61 Å². The molecule has 0 atom stereocenters. The molecule has 1 N–H and O–H groups in total. The van der Waals surface area contributed by atoms with Crippen LogP contribution in [-0.4, -0.2) is 32.9 Å². The first-order valence-electron chi connectivity index (χ1n) is 7.13. The van der Waals surface area contributed by atoms with Crippen molar-refractivity contribution in [3.05, 3.63) is 35.9 Å². The van der Waals surface area contributed by atoms with Gasteiger partial charge in [-0.3, -0.25) is 4.18 Å². The van der Waals surface area contributed by atoms with Crippen LogP contribution in [0.3, 0.4) is 0 Å². The van der Waals surface area contributed by atoms with E-state index >= 15 is 0 Å². The van der Waals surface area contributed by atoms with Crippen LogP contribution in [-0.2, 0) is 25.6 Å². The fraction of sp³-hybridized carbons (Fsp3) is 0.533. The molecule has 0 spiro atoms. The van der Waals surface area contributed by atoms with Crippen LogP contribution < -0.4 is 5.32 Å². The molecule has 3 fully saturated rings. The minimum Gasteiger partial charge on any atom is -0.445 e. The number of hydrogen-bond donors (Lipinski definition) is 1. The third-order valence-corrected chi connectivity index (χ3v) is 4.85. The van der Waals surface area contributed by atoms with Gasteiger partial charge in [0.25, 0.3) is 10.1 Å². The molecule has 3 aliphatic rings. The van der Waals surface area contributed by atoms with E-state index in [1.54, 1.807) is 0 Å². The second kappa shape index (κ2) is 5.24. The molecule has 120 valence electrons. The Bertz CT molecular complexity index is 651. The molecule has 1 aromatic carbocycles. The third-order valence-electron chi connectivity index (χ3n) is 4.30. The van der Waals surface area contributed by atoms with Gasteiger partial charge in [0.15, 0.2) is 0 Å². The van der Waals surface area contributed by atoms with E-state index in [4.69, 9.17) is 8.92 Å². The maximum absolute atomic E-state index is 11.8. The van der Waals surface area contributed by atoms with Crippen LogP contribution in [0.5, 0.6) is 0 Å². The molecule has 3 aliphatic carbocycles. The number of alkyl carbamates (subject to hydrolysis) is 1. The molecule has 0 radical (unpaired) electrons. The Hall–Kier alpha value is -1.60. The number of carbonyl (C=O) groups is 1. The summed E-state index contributed by atoms with van der Waals surface area (Å²) in [7, 11) is -3.40. The number of rotatable bonds is 6. The summed E-state index contributed by atoms with van der Waals surface area (Å²) in [5.74, 6) is 0. The summed E-state index contributed by atoms with van der Waals surface area (Å²) in [6.07, 6.45) is 2.86. The molecular weight excluding hydrogens is 306 g/mol. The van der Waals surface area contributed by atoms with E-state index in [9.17, 15) is 13.2 Å². The molecule has 7 heteroatoms. The molecule has 22 heavy (non-hydrogen) atoms. The molecule has 0 unspecified atom stereocenters. The molecule has 6 nitrogen and oxygen atoms in total. The zero-order valence-corrected chi connectivity index (χ0v) is 13.2.